The number of hydrogen-bond donors (Lipinski definition) is 2. The molecule has 0 heterocycles. The Morgan fingerprint density at radius 3 is 2.35 bits per heavy atom. The molecule has 0 radical (unpaired) electrons. The molecule has 0 spiro atoms. The molecule has 2 rings (SSSR count). The van der Waals surface area contributed by atoms with Gasteiger partial charge in [0.05, 0.1) is 11.6 Å². The standard InChI is InChI=1S/C18H14FN3O4/c19-13-2-1-3-15(10-13)22-17(24)11-26-18(25)12-4-6-14(7-5-12)21-16(23)8-9-20/h1-7,10H,8,11H2,(H,21,23)(H,22,24). The highest BCUT2D eigenvalue weighted by atomic mass is 19.1. The molecular weight excluding hydrogens is 341 g/mol. The van der Waals surface area contributed by atoms with Gasteiger partial charge < -0.3 is 15.4 Å². The highest BCUT2D eigenvalue weighted by molar-refractivity contribution is 5.96. The normalized spacial score (nSPS) is 9.69. The Balaban J connectivity index is 1.84. The van der Waals surface area contributed by atoms with Crippen molar-refractivity contribution in [2.75, 3.05) is 17.2 Å². The molecule has 0 unspecified atom stereocenters. The molecule has 0 fully saturated rings. The fourth-order valence-corrected chi connectivity index (χ4v) is 1.94. The van der Waals surface area contributed by atoms with Crippen LogP contribution in [0.15, 0.2) is 48.5 Å². The maximum absolute atomic E-state index is 13.0. The first kappa shape index (κ1) is 18.6. The monoisotopic (exact) mass is 355 g/mol. The summed E-state index contributed by atoms with van der Waals surface area (Å²) in [5, 5.41) is 13.3. The predicted octanol–water partition coefficient (Wildman–Crippen LogP) is 2.47. The van der Waals surface area contributed by atoms with Gasteiger partial charge in [0.1, 0.15) is 12.2 Å². The molecule has 2 aromatic rings. The third-order valence-corrected chi connectivity index (χ3v) is 3.09. The van der Waals surface area contributed by atoms with E-state index in [1.165, 1.54) is 42.5 Å². The Morgan fingerprint density at radius 2 is 1.69 bits per heavy atom. The number of nitrogens with zero attached hydrogens (tertiary/aromatic N) is 1. The number of ether oxygens (including phenoxy) is 1. The lowest BCUT2D eigenvalue weighted by Gasteiger charge is -2.07. The molecule has 7 nitrogen and oxygen atoms in total. The number of nitrogens with one attached hydrogen (secondary N) is 2. The van der Waals surface area contributed by atoms with Crippen molar-refractivity contribution < 1.29 is 23.5 Å². The summed E-state index contributed by atoms with van der Waals surface area (Å²) >= 11 is 0. The first-order valence-electron chi connectivity index (χ1n) is 7.47. The third-order valence-electron chi connectivity index (χ3n) is 3.09. The second kappa shape index (κ2) is 8.94. The van der Waals surface area contributed by atoms with Crippen LogP contribution >= 0.6 is 0 Å². The zero-order valence-electron chi connectivity index (χ0n) is 13.5. The lowest BCUT2D eigenvalue weighted by molar-refractivity contribution is -0.119. The van der Waals surface area contributed by atoms with Crippen LogP contribution in [0.4, 0.5) is 15.8 Å². The van der Waals surface area contributed by atoms with Crippen LogP contribution in [0, 0.1) is 17.1 Å². The van der Waals surface area contributed by atoms with E-state index in [1.54, 1.807) is 6.07 Å². The van der Waals surface area contributed by atoms with E-state index in [2.05, 4.69) is 10.6 Å². The smallest absolute Gasteiger partial charge is 0.338 e. The molecule has 2 amide bonds. The van der Waals surface area contributed by atoms with Crippen molar-refractivity contribution in [3.05, 3.63) is 59.9 Å². The lowest BCUT2D eigenvalue weighted by atomic mass is 10.2. The van der Waals surface area contributed by atoms with Crippen LogP contribution in [0.1, 0.15) is 16.8 Å². The Hall–Kier alpha value is -3.73. The van der Waals surface area contributed by atoms with E-state index >= 15 is 0 Å². The number of amides is 2. The second-order valence-electron chi connectivity index (χ2n) is 5.10. The Bertz CT molecular complexity index is 859. The Labute approximate surface area is 148 Å². The van der Waals surface area contributed by atoms with Gasteiger partial charge in [-0.25, -0.2) is 9.18 Å². The molecule has 0 aliphatic heterocycles. The van der Waals surface area contributed by atoms with Crippen molar-refractivity contribution >= 4 is 29.2 Å². The minimum absolute atomic E-state index is 0.182. The number of esters is 1. The third kappa shape index (κ3) is 5.72. The van der Waals surface area contributed by atoms with Crippen molar-refractivity contribution in [1.29, 1.82) is 5.26 Å². The zero-order valence-corrected chi connectivity index (χ0v) is 13.5. The largest absolute Gasteiger partial charge is 0.452 e. The van der Waals surface area contributed by atoms with Gasteiger partial charge in [-0.15, -0.1) is 0 Å². The Morgan fingerprint density at radius 1 is 1.00 bits per heavy atom. The molecule has 0 bridgehead atoms. The van der Waals surface area contributed by atoms with Gasteiger partial charge in [-0.2, -0.15) is 5.26 Å². The quantitative estimate of drug-likeness (QED) is 0.774. The van der Waals surface area contributed by atoms with Crippen LogP contribution in [0.5, 0.6) is 0 Å². The van der Waals surface area contributed by atoms with Crippen LogP contribution in [0.3, 0.4) is 0 Å². The number of rotatable bonds is 6. The average Bonchev–Trinajstić information content (AvgIpc) is 2.60. The fourth-order valence-electron chi connectivity index (χ4n) is 1.94. The van der Waals surface area contributed by atoms with E-state index in [0.29, 0.717) is 5.69 Å². The molecule has 2 N–H and O–H groups in total. The first-order valence-corrected chi connectivity index (χ1v) is 7.47. The predicted molar refractivity (Wildman–Crippen MR) is 90.6 cm³/mol. The number of anilines is 2. The summed E-state index contributed by atoms with van der Waals surface area (Å²) in [6.45, 7) is -0.532. The maximum atomic E-state index is 13.0. The topological polar surface area (TPSA) is 108 Å². The first-order chi connectivity index (χ1) is 12.5. The van der Waals surface area contributed by atoms with Gasteiger partial charge in [0.2, 0.25) is 5.91 Å². The van der Waals surface area contributed by atoms with Gasteiger partial charge in [0, 0.05) is 11.4 Å². The molecule has 0 saturated carbocycles. The van der Waals surface area contributed by atoms with Crippen LogP contribution in [-0.2, 0) is 14.3 Å². The summed E-state index contributed by atoms with van der Waals surface area (Å²) in [6, 6.07) is 12.8. The fraction of sp³-hybridized carbons (Fsp3) is 0.111. The SMILES string of the molecule is N#CCC(=O)Nc1ccc(C(=O)OCC(=O)Nc2cccc(F)c2)cc1. The number of nitriles is 1. The molecule has 0 aliphatic carbocycles. The van der Waals surface area contributed by atoms with E-state index in [4.69, 9.17) is 10.00 Å². The summed E-state index contributed by atoms with van der Waals surface area (Å²) in [6.07, 6.45) is -0.274. The van der Waals surface area contributed by atoms with Crippen LogP contribution in [0.25, 0.3) is 0 Å². The molecule has 0 aromatic heterocycles. The van der Waals surface area contributed by atoms with Crippen LogP contribution in [-0.4, -0.2) is 24.4 Å². The van der Waals surface area contributed by atoms with Crippen LogP contribution < -0.4 is 10.6 Å². The van der Waals surface area contributed by atoms with E-state index in [0.717, 1.165) is 6.07 Å². The molecule has 8 heteroatoms. The van der Waals surface area contributed by atoms with E-state index in [-0.39, 0.29) is 17.7 Å². The van der Waals surface area contributed by atoms with Gasteiger partial charge in [0.25, 0.3) is 5.91 Å². The summed E-state index contributed by atoms with van der Waals surface area (Å²) < 4.78 is 17.9. The zero-order chi connectivity index (χ0) is 18.9. The molecule has 132 valence electrons. The highest BCUT2D eigenvalue weighted by Crippen LogP contribution is 2.12. The summed E-state index contributed by atoms with van der Waals surface area (Å²) in [4.78, 5) is 34.9. The average molecular weight is 355 g/mol. The van der Waals surface area contributed by atoms with Crippen molar-refractivity contribution in [3.63, 3.8) is 0 Å². The number of hydrogen-bond acceptors (Lipinski definition) is 5. The molecular formula is C18H14FN3O4. The maximum Gasteiger partial charge on any atom is 0.338 e. The van der Waals surface area contributed by atoms with E-state index in [9.17, 15) is 18.8 Å². The highest BCUT2D eigenvalue weighted by Gasteiger charge is 2.11. The minimum Gasteiger partial charge on any atom is -0.452 e. The van der Waals surface area contributed by atoms with Crippen molar-refractivity contribution in [1.82, 2.24) is 0 Å². The molecule has 0 saturated heterocycles. The van der Waals surface area contributed by atoms with Gasteiger partial charge in [0.15, 0.2) is 6.61 Å². The number of benzene rings is 2. The van der Waals surface area contributed by atoms with E-state index < -0.39 is 30.2 Å². The minimum atomic E-state index is -0.728. The number of carbonyl (C=O) groups is 3. The van der Waals surface area contributed by atoms with Crippen molar-refractivity contribution in [2.45, 2.75) is 6.42 Å². The number of halogens is 1. The van der Waals surface area contributed by atoms with Gasteiger partial charge >= 0.3 is 5.97 Å². The molecule has 0 atom stereocenters. The summed E-state index contributed by atoms with van der Waals surface area (Å²) in [5.74, 6) is -2.29. The van der Waals surface area contributed by atoms with Crippen molar-refractivity contribution in [2.24, 2.45) is 0 Å². The van der Waals surface area contributed by atoms with Gasteiger partial charge in [-0.05, 0) is 42.5 Å². The molecule has 2 aromatic carbocycles. The lowest BCUT2D eigenvalue weighted by Crippen LogP contribution is -2.21. The van der Waals surface area contributed by atoms with Gasteiger partial charge in [-0.1, -0.05) is 6.07 Å². The summed E-state index contributed by atoms with van der Waals surface area (Å²) in [5.41, 5.74) is 0.857. The molecule has 0 aliphatic rings. The van der Waals surface area contributed by atoms with Crippen LogP contribution in [0.2, 0.25) is 0 Å². The Kier molecular flexibility index (Phi) is 6.40. The van der Waals surface area contributed by atoms with Gasteiger partial charge in [-0.3, -0.25) is 9.59 Å². The molecule has 26 heavy (non-hydrogen) atoms. The van der Waals surface area contributed by atoms with E-state index in [1.807, 2.05) is 0 Å². The summed E-state index contributed by atoms with van der Waals surface area (Å²) in [7, 11) is 0. The second-order valence-corrected chi connectivity index (χ2v) is 5.10. The number of carbonyl (C=O) groups excluding carboxylic acids is 3. The van der Waals surface area contributed by atoms with Crippen molar-refractivity contribution in [3.8, 4) is 6.07 Å².